The Hall–Kier alpha value is -1.52. The minimum absolute atomic E-state index is 0.119. The molecule has 0 aliphatic rings. The van der Waals surface area contributed by atoms with Gasteiger partial charge in [-0.25, -0.2) is 0 Å². The molecule has 1 aromatic rings. The molecule has 0 saturated carbocycles. The van der Waals surface area contributed by atoms with E-state index in [0.717, 1.165) is 17.2 Å². The summed E-state index contributed by atoms with van der Waals surface area (Å²) in [5, 5.41) is 12.7. The van der Waals surface area contributed by atoms with Gasteiger partial charge in [-0.1, -0.05) is 18.3 Å². The Morgan fingerprint density at radius 2 is 2.26 bits per heavy atom. The Morgan fingerprint density at radius 3 is 2.84 bits per heavy atom. The van der Waals surface area contributed by atoms with Crippen molar-refractivity contribution in [1.29, 1.82) is 5.26 Å². The SMILES string of the molecule is COCCN(CCC#N)C(=O)c1snnc1C(C)C. The molecule has 0 fully saturated rings. The maximum Gasteiger partial charge on any atom is 0.267 e. The topological polar surface area (TPSA) is 79.1 Å². The summed E-state index contributed by atoms with van der Waals surface area (Å²) in [7, 11) is 1.58. The molecular formula is C12H18N4O2S. The normalized spacial score (nSPS) is 10.5. The van der Waals surface area contributed by atoms with Crippen LogP contribution < -0.4 is 0 Å². The third kappa shape index (κ3) is 4.26. The molecule has 1 aromatic heterocycles. The van der Waals surface area contributed by atoms with Gasteiger partial charge in [0.2, 0.25) is 0 Å². The van der Waals surface area contributed by atoms with Gasteiger partial charge in [-0.05, 0) is 17.5 Å². The van der Waals surface area contributed by atoms with E-state index in [1.54, 1.807) is 12.0 Å². The first kappa shape index (κ1) is 15.5. The van der Waals surface area contributed by atoms with Crippen LogP contribution in [0.3, 0.4) is 0 Å². The van der Waals surface area contributed by atoms with Gasteiger partial charge < -0.3 is 9.64 Å². The highest BCUT2D eigenvalue weighted by Crippen LogP contribution is 2.21. The highest BCUT2D eigenvalue weighted by atomic mass is 32.1. The molecule has 0 N–H and O–H groups in total. The number of aromatic nitrogens is 2. The van der Waals surface area contributed by atoms with Gasteiger partial charge in [0.1, 0.15) is 4.88 Å². The number of carbonyl (C=O) groups is 1. The largest absolute Gasteiger partial charge is 0.383 e. The van der Waals surface area contributed by atoms with Crippen molar-refractivity contribution in [3.05, 3.63) is 10.6 Å². The van der Waals surface area contributed by atoms with Gasteiger partial charge in [0.05, 0.1) is 24.8 Å². The van der Waals surface area contributed by atoms with E-state index in [1.165, 1.54) is 0 Å². The number of amides is 1. The lowest BCUT2D eigenvalue weighted by Gasteiger charge is -2.20. The molecule has 0 radical (unpaired) electrons. The fraction of sp³-hybridized carbons (Fsp3) is 0.667. The number of nitriles is 1. The molecule has 0 atom stereocenters. The highest BCUT2D eigenvalue weighted by molar-refractivity contribution is 7.08. The Bertz CT molecular complexity index is 453. The number of hydrogen-bond acceptors (Lipinski definition) is 6. The van der Waals surface area contributed by atoms with Crippen molar-refractivity contribution in [3.63, 3.8) is 0 Å². The van der Waals surface area contributed by atoms with Crippen LogP contribution in [0.15, 0.2) is 0 Å². The quantitative estimate of drug-likeness (QED) is 0.760. The first-order valence-corrected chi connectivity index (χ1v) is 6.86. The standard InChI is InChI=1S/C12H18N4O2S/c1-9(2)10-11(19-15-14-10)12(17)16(6-4-5-13)7-8-18-3/h9H,4,6-8H2,1-3H3. The zero-order valence-corrected chi connectivity index (χ0v) is 12.2. The smallest absolute Gasteiger partial charge is 0.267 e. The summed E-state index contributed by atoms with van der Waals surface area (Å²) >= 11 is 1.11. The summed E-state index contributed by atoms with van der Waals surface area (Å²) in [6.45, 7) is 5.26. The van der Waals surface area contributed by atoms with Crippen LogP contribution in [0.1, 0.15) is 41.6 Å². The van der Waals surface area contributed by atoms with Crippen LogP contribution in [0.4, 0.5) is 0 Å². The Labute approximate surface area is 117 Å². The fourth-order valence-corrected chi connectivity index (χ4v) is 2.36. The van der Waals surface area contributed by atoms with E-state index in [-0.39, 0.29) is 11.8 Å². The molecule has 1 amide bonds. The Balaban J connectivity index is 2.85. The van der Waals surface area contributed by atoms with Gasteiger partial charge in [0.25, 0.3) is 5.91 Å². The van der Waals surface area contributed by atoms with Gasteiger partial charge in [-0.2, -0.15) is 5.26 Å². The van der Waals surface area contributed by atoms with Crippen LogP contribution in [0.25, 0.3) is 0 Å². The fourth-order valence-electron chi connectivity index (χ4n) is 1.57. The number of methoxy groups -OCH3 is 1. The number of carbonyl (C=O) groups excluding carboxylic acids is 1. The van der Waals surface area contributed by atoms with E-state index in [9.17, 15) is 4.79 Å². The van der Waals surface area contributed by atoms with Crippen LogP contribution in [0, 0.1) is 11.3 Å². The van der Waals surface area contributed by atoms with Crippen molar-refractivity contribution in [2.75, 3.05) is 26.8 Å². The number of ether oxygens (including phenoxy) is 1. The highest BCUT2D eigenvalue weighted by Gasteiger charge is 2.23. The molecule has 6 nitrogen and oxygen atoms in total. The van der Waals surface area contributed by atoms with E-state index in [0.29, 0.717) is 31.0 Å². The Kier molecular flexibility index (Phi) is 6.39. The minimum atomic E-state index is -0.119. The van der Waals surface area contributed by atoms with Crippen LogP contribution >= 0.6 is 11.5 Å². The minimum Gasteiger partial charge on any atom is -0.383 e. The van der Waals surface area contributed by atoms with Crippen molar-refractivity contribution in [2.45, 2.75) is 26.2 Å². The summed E-state index contributed by atoms with van der Waals surface area (Å²) in [5.41, 5.74) is 0.717. The van der Waals surface area contributed by atoms with Crippen molar-refractivity contribution in [2.24, 2.45) is 0 Å². The number of hydrogen-bond donors (Lipinski definition) is 0. The summed E-state index contributed by atoms with van der Waals surface area (Å²) in [5.74, 6) is 0.0314. The van der Waals surface area contributed by atoms with E-state index in [1.807, 2.05) is 19.9 Å². The van der Waals surface area contributed by atoms with Gasteiger partial charge in [-0.15, -0.1) is 5.10 Å². The van der Waals surface area contributed by atoms with E-state index in [2.05, 4.69) is 9.59 Å². The zero-order chi connectivity index (χ0) is 14.3. The average Bonchev–Trinajstić information content (AvgIpc) is 2.87. The molecule has 1 rings (SSSR count). The van der Waals surface area contributed by atoms with Crippen molar-refractivity contribution in [3.8, 4) is 6.07 Å². The van der Waals surface area contributed by atoms with Crippen LogP contribution in [-0.4, -0.2) is 47.2 Å². The van der Waals surface area contributed by atoms with Crippen molar-refractivity contribution in [1.82, 2.24) is 14.5 Å². The van der Waals surface area contributed by atoms with E-state index in [4.69, 9.17) is 10.00 Å². The van der Waals surface area contributed by atoms with Gasteiger partial charge in [0.15, 0.2) is 0 Å². The lowest BCUT2D eigenvalue weighted by Crippen LogP contribution is -2.34. The predicted molar refractivity (Wildman–Crippen MR) is 72.0 cm³/mol. The molecule has 7 heteroatoms. The molecular weight excluding hydrogens is 264 g/mol. The zero-order valence-electron chi connectivity index (χ0n) is 11.4. The molecule has 0 aliphatic carbocycles. The van der Waals surface area contributed by atoms with E-state index < -0.39 is 0 Å². The maximum absolute atomic E-state index is 12.4. The van der Waals surface area contributed by atoms with Crippen LogP contribution in [-0.2, 0) is 4.74 Å². The summed E-state index contributed by atoms with van der Waals surface area (Å²) in [6.07, 6.45) is 0.304. The summed E-state index contributed by atoms with van der Waals surface area (Å²) in [4.78, 5) is 14.6. The molecule has 0 bridgehead atoms. The average molecular weight is 282 g/mol. The third-order valence-corrected chi connectivity index (χ3v) is 3.33. The first-order valence-electron chi connectivity index (χ1n) is 6.09. The van der Waals surface area contributed by atoms with Gasteiger partial charge in [-0.3, -0.25) is 4.79 Å². The molecule has 1 heterocycles. The molecule has 104 valence electrons. The Morgan fingerprint density at radius 1 is 1.53 bits per heavy atom. The van der Waals surface area contributed by atoms with Crippen molar-refractivity contribution < 1.29 is 9.53 Å². The van der Waals surface area contributed by atoms with Gasteiger partial charge >= 0.3 is 0 Å². The molecule has 0 aromatic carbocycles. The molecule has 0 unspecified atom stereocenters. The van der Waals surface area contributed by atoms with Crippen LogP contribution in [0.5, 0.6) is 0 Å². The second kappa shape index (κ2) is 7.81. The van der Waals surface area contributed by atoms with E-state index >= 15 is 0 Å². The van der Waals surface area contributed by atoms with Crippen LogP contribution in [0.2, 0.25) is 0 Å². The molecule has 0 saturated heterocycles. The second-order valence-corrected chi connectivity index (χ2v) is 5.09. The lowest BCUT2D eigenvalue weighted by atomic mass is 10.1. The third-order valence-electron chi connectivity index (χ3n) is 2.60. The number of nitrogens with zero attached hydrogens (tertiary/aromatic N) is 4. The lowest BCUT2D eigenvalue weighted by molar-refractivity contribution is 0.0703. The molecule has 19 heavy (non-hydrogen) atoms. The maximum atomic E-state index is 12.4. The monoisotopic (exact) mass is 282 g/mol. The molecule has 0 spiro atoms. The second-order valence-electron chi connectivity index (χ2n) is 4.34. The first-order chi connectivity index (χ1) is 9.11. The predicted octanol–water partition coefficient (Wildman–Crippen LogP) is 1.66. The summed E-state index contributed by atoms with van der Waals surface area (Å²) < 4.78 is 8.85. The van der Waals surface area contributed by atoms with Crippen molar-refractivity contribution >= 4 is 17.4 Å². The van der Waals surface area contributed by atoms with Gasteiger partial charge in [0, 0.05) is 20.2 Å². The number of rotatable bonds is 7. The molecule has 0 aliphatic heterocycles. The summed E-state index contributed by atoms with van der Waals surface area (Å²) in [6, 6.07) is 2.05.